The Kier molecular flexibility index (Phi) is 4.71. The van der Waals surface area contributed by atoms with Crippen molar-refractivity contribution in [3.05, 3.63) is 35.2 Å². The standard InChI is InChI=1S/C16H16ClN4OS/c1-23(2)6-5-22-10-21-14-9-20-11(8-18)7-12(14)15-13(17)3-4-19-16(15)21/h3-4,7,9H,5-6,10H2,1-2H3/q+1. The lowest BCUT2D eigenvalue weighted by Gasteiger charge is -2.07. The van der Waals surface area contributed by atoms with Crippen LogP contribution in [0.2, 0.25) is 5.02 Å². The summed E-state index contributed by atoms with van der Waals surface area (Å²) in [6.07, 6.45) is 7.74. The minimum Gasteiger partial charge on any atom is -0.356 e. The van der Waals surface area contributed by atoms with Gasteiger partial charge in [0.25, 0.3) is 0 Å². The molecule has 0 aliphatic rings. The Hall–Kier alpha value is -1.81. The first kappa shape index (κ1) is 16.1. The fraction of sp³-hybridized carbons (Fsp3) is 0.312. The summed E-state index contributed by atoms with van der Waals surface area (Å²) in [5, 5.41) is 11.4. The maximum Gasteiger partial charge on any atom is 0.144 e. The maximum absolute atomic E-state index is 9.08. The Balaban J connectivity index is 2.08. The van der Waals surface area contributed by atoms with E-state index >= 15 is 0 Å². The number of nitriles is 1. The molecule has 0 spiro atoms. The second-order valence-corrected chi connectivity index (χ2v) is 8.13. The molecule has 3 aromatic rings. The van der Waals surface area contributed by atoms with Crippen LogP contribution in [0.3, 0.4) is 0 Å². The molecule has 0 N–H and O–H groups in total. The summed E-state index contributed by atoms with van der Waals surface area (Å²) in [6.45, 7) is 1.08. The van der Waals surface area contributed by atoms with Gasteiger partial charge >= 0.3 is 0 Å². The number of hydrogen-bond acceptors (Lipinski definition) is 4. The van der Waals surface area contributed by atoms with Crippen molar-refractivity contribution >= 4 is 44.4 Å². The van der Waals surface area contributed by atoms with Crippen LogP contribution in [-0.4, -0.2) is 39.4 Å². The molecule has 0 aromatic carbocycles. The quantitative estimate of drug-likeness (QED) is 0.526. The molecular weight excluding hydrogens is 332 g/mol. The predicted octanol–water partition coefficient (Wildman–Crippen LogP) is 2.96. The lowest BCUT2D eigenvalue weighted by Crippen LogP contribution is -2.11. The van der Waals surface area contributed by atoms with Crippen LogP contribution in [0, 0.1) is 11.3 Å². The van der Waals surface area contributed by atoms with E-state index in [1.165, 1.54) is 0 Å². The third-order valence-corrected chi connectivity index (χ3v) is 4.85. The summed E-state index contributed by atoms with van der Waals surface area (Å²) in [5.41, 5.74) is 1.97. The van der Waals surface area contributed by atoms with E-state index in [2.05, 4.69) is 28.5 Å². The summed E-state index contributed by atoms with van der Waals surface area (Å²) in [7, 11) is 0.354. The smallest absolute Gasteiger partial charge is 0.144 e. The highest BCUT2D eigenvalue weighted by Crippen LogP contribution is 2.32. The van der Waals surface area contributed by atoms with Gasteiger partial charge in [-0.3, -0.25) is 4.57 Å². The normalized spacial score (nSPS) is 11.4. The third kappa shape index (κ3) is 3.13. The highest BCUT2D eigenvalue weighted by Gasteiger charge is 2.15. The zero-order valence-electron chi connectivity index (χ0n) is 12.9. The summed E-state index contributed by atoms with van der Waals surface area (Å²) in [6, 6.07) is 5.56. The number of rotatable bonds is 5. The molecule has 23 heavy (non-hydrogen) atoms. The molecule has 3 aromatic heterocycles. The summed E-state index contributed by atoms with van der Waals surface area (Å²) in [5.74, 6) is 1.03. The van der Waals surface area contributed by atoms with Gasteiger partial charge in [0.2, 0.25) is 0 Å². The van der Waals surface area contributed by atoms with Gasteiger partial charge in [0, 0.05) is 17.0 Å². The Morgan fingerprint density at radius 3 is 2.96 bits per heavy atom. The van der Waals surface area contributed by atoms with Gasteiger partial charge in [-0.05, 0) is 23.0 Å². The van der Waals surface area contributed by atoms with E-state index in [4.69, 9.17) is 21.6 Å². The number of ether oxygens (including phenoxy) is 1. The lowest BCUT2D eigenvalue weighted by atomic mass is 10.2. The van der Waals surface area contributed by atoms with Crippen LogP contribution in [0.1, 0.15) is 5.69 Å². The first-order valence-electron chi connectivity index (χ1n) is 7.06. The molecule has 0 saturated carbocycles. The van der Waals surface area contributed by atoms with Crippen LogP contribution in [0.25, 0.3) is 21.9 Å². The Bertz CT molecular complexity index is 900. The topological polar surface area (TPSA) is 63.7 Å². The van der Waals surface area contributed by atoms with Gasteiger partial charge in [-0.2, -0.15) is 5.26 Å². The van der Waals surface area contributed by atoms with Crippen molar-refractivity contribution in [3.8, 4) is 6.07 Å². The van der Waals surface area contributed by atoms with Crippen molar-refractivity contribution < 1.29 is 4.74 Å². The minimum atomic E-state index is 0.354. The van der Waals surface area contributed by atoms with Crippen molar-refractivity contribution in [3.63, 3.8) is 0 Å². The second-order valence-electron chi connectivity index (χ2n) is 5.34. The molecule has 0 radical (unpaired) electrons. The molecule has 3 heterocycles. The van der Waals surface area contributed by atoms with E-state index in [1.54, 1.807) is 24.5 Å². The van der Waals surface area contributed by atoms with Crippen LogP contribution in [0.15, 0.2) is 24.5 Å². The number of aromatic nitrogens is 3. The van der Waals surface area contributed by atoms with Crippen LogP contribution < -0.4 is 0 Å². The number of nitrogens with zero attached hydrogens (tertiary/aromatic N) is 4. The first-order valence-corrected chi connectivity index (χ1v) is 9.65. The fourth-order valence-corrected chi connectivity index (χ4v) is 3.13. The Morgan fingerprint density at radius 2 is 2.22 bits per heavy atom. The molecular formula is C16H16ClN4OS+. The zero-order chi connectivity index (χ0) is 16.4. The van der Waals surface area contributed by atoms with Gasteiger partial charge in [0.15, 0.2) is 0 Å². The van der Waals surface area contributed by atoms with Crippen LogP contribution in [0.4, 0.5) is 0 Å². The third-order valence-electron chi connectivity index (χ3n) is 3.55. The van der Waals surface area contributed by atoms with Gasteiger partial charge in [-0.25, -0.2) is 9.97 Å². The predicted molar refractivity (Wildman–Crippen MR) is 94.8 cm³/mol. The van der Waals surface area contributed by atoms with E-state index < -0.39 is 0 Å². The van der Waals surface area contributed by atoms with Gasteiger partial charge in [-0.1, -0.05) is 11.6 Å². The van der Waals surface area contributed by atoms with E-state index in [-0.39, 0.29) is 0 Å². The lowest BCUT2D eigenvalue weighted by molar-refractivity contribution is 0.0951. The van der Waals surface area contributed by atoms with Gasteiger partial charge in [0.05, 0.1) is 35.9 Å². The van der Waals surface area contributed by atoms with Crippen molar-refractivity contribution in [1.29, 1.82) is 5.26 Å². The minimum absolute atomic E-state index is 0.354. The molecule has 0 saturated heterocycles. The average Bonchev–Trinajstić information content (AvgIpc) is 2.85. The Morgan fingerprint density at radius 1 is 1.39 bits per heavy atom. The second kappa shape index (κ2) is 6.75. The average molecular weight is 348 g/mol. The molecule has 7 heteroatoms. The summed E-state index contributed by atoms with van der Waals surface area (Å²) >= 11 is 6.35. The van der Waals surface area contributed by atoms with E-state index in [1.807, 2.05) is 4.57 Å². The van der Waals surface area contributed by atoms with Gasteiger partial charge in [-0.15, -0.1) is 0 Å². The van der Waals surface area contributed by atoms with E-state index in [0.717, 1.165) is 27.7 Å². The number of fused-ring (bicyclic) bond motifs is 3. The van der Waals surface area contributed by atoms with Crippen molar-refractivity contribution in [2.24, 2.45) is 0 Å². The molecule has 0 fully saturated rings. The van der Waals surface area contributed by atoms with Gasteiger partial charge in [0.1, 0.15) is 29.9 Å². The van der Waals surface area contributed by atoms with Crippen LogP contribution in [0.5, 0.6) is 0 Å². The van der Waals surface area contributed by atoms with Crippen molar-refractivity contribution in [2.75, 3.05) is 24.9 Å². The number of pyridine rings is 2. The van der Waals surface area contributed by atoms with E-state index in [0.29, 0.717) is 34.9 Å². The van der Waals surface area contributed by atoms with E-state index in [9.17, 15) is 0 Å². The molecule has 118 valence electrons. The molecule has 0 atom stereocenters. The van der Waals surface area contributed by atoms with Crippen molar-refractivity contribution in [1.82, 2.24) is 14.5 Å². The van der Waals surface area contributed by atoms with Crippen LogP contribution in [-0.2, 0) is 22.4 Å². The molecule has 0 aliphatic carbocycles. The molecule has 0 aliphatic heterocycles. The monoisotopic (exact) mass is 347 g/mol. The molecule has 5 nitrogen and oxygen atoms in total. The highest BCUT2D eigenvalue weighted by molar-refractivity contribution is 7.95. The molecule has 0 amide bonds. The molecule has 0 unspecified atom stereocenters. The maximum atomic E-state index is 9.08. The summed E-state index contributed by atoms with van der Waals surface area (Å²) < 4.78 is 7.75. The van der Waals surface area contributed by atoms with Crippen LogP contribution >= 0.6 is 11.6 Å². The number of halogens is 1. The Labute approximate surface area is 142 Å². The first-order chi connectivity index (χ1) is 11.1. The van der Waals surface area contributed by atoms with Gasteiger partial charge < -0.3 is 4.74 Å². The SMILES string of the molecule is C[S+](C)CCOCn1c2cnc(C#N)cc2c2c(Cl)ccnc21. The number of hydrogen-bond donors (Lipinski definition) is 0. The highest BCUT2D eigenvalue weighted by atomic mass is 35.5. The van der Waals surface area contributed by atoms with Crippen molar-refractivity contribution in [2.45, 2.75) is 6.73 Å². The molecule has 0 bridgehead atoms. The summed E-state index contributed by atoms with van der Waals surface area (Å²) in [4.78, 5) is 8.60. The fourth-order valence-electron chi connectivity index (χ4n) is 2.43. The largest absolute Gasteiger partial charge is 0.356 e. The molecule has 3 rings (SSSR count). The zero-order valence-corrected chi connectivity index (χ0v) is 14.5.